The first-order valence-electron chi connectivity index (χ1n) is 6.84. The maximum Gasteiger partial charge on any atom is 0.0955 e. The van der Waals surface area contributed by atoms with Gasteiger partial charge in [0.2, 0.25) is 0 Å². The molecule has 2 aromatic heterocycles. The Morgan fingerprint density at radius 3 is 2.94 bits per heavy atom. The quantitative estimate of drug-likeness (QED) is 0.830. The van der Waals surface area contributed by atoms with Gasteiger partial charge < -0.3 is 4.57 Å². The predicted octanol–water partition coefficient (Wildman–Crippen LogP) is 2.34. The van der Waals surface area contributed by atoms with Crippen LogP contribution in [0.25, 0.3) is 0 Å². The van der Waals surface area contributed by atoms with Crippen LogP contribution in [0, 0.1) is 6.92 Å². The van der Waals surface area contributed by atoms with E-state index >= 15 is 0 Å². The van der Waals surface area contributed by atoms with Crippen molar-refractivity contribution in [3.8, 4) is 0 Å². The van der Waals surface area contributed by atoms with Crippen LogP contribution in [0.15, 0.2) is 12.4 Å². The van der Waals surface area contributed by atoms with Crippen molar-refractivity contribution in [2.24, 2.45) is 0 Å². The summed E-state index contributed by atoms with van der Waals surface area (Å²) >= 11 is 0. The number of nitrogens with zero attached hydrogens (tertiary/aromatic N) is 4. The molecule has 18 heavy (non-hydrogen) atoms. The molecule has 0 saturated heterocycles. The molecule has 2 heterocycles. The molecule has 0 spiro atoms. The van der Waals surface area contributed by atoms with Crippen molar-refractivity contribution >= 4 is 0 Å². The van der Waals surface area contributed by atoms with Gasteiger partial charge in [-0.2, -0.15) is 5.10 Å². The number of fused-ring (bicyclic) bond motifs is 1. The van der Waals surface area contributed by atoms with Crippen LogP contribution in [0.5, 0.6) is 0 Å². The fraction of sp³-hybridized carbons (Fsp3) is 0.571. The molecule has 0 fully saturated rings. The number of imidazole rings is 1. The van der Waals surface area contributed by atoms with Crippen LogP contribution in [-0.4, -0.2) is 19.3 Å². The standard InChI is InChI=1S/C14H20N4/c1-3-18-12(8-11(2)16-18)9-17-10-15-13-6-4-5-7-14(13)17/h8,10H,3-7,9H2,1-2H3. The van der Waals surface area contributed by atoms with Gasteiger partial charge in [-0.25, -0.2) is 4.98 Å². The summed E-state index contributed by atoms with van der Waals surface area (Å²) in [5.41, 5.74) is 5.12. The zero-order valence-corrected chi connectivity index (χ0v) is 11.2. The lowest BCUT2D eigenvalue weighted by Crippen LogP contribution is -2.12. The van der Waals surface area contributed by atoms with Crippen molar-refractivity contribution in [1.29, 1.82) is 0 Å². The van der Waals surface area contributed by atoms with Crippen molar-refractivity contribution in [2.45, 2.75) is 52.6 Å². The minimum Gasteiger partial charge on any atom is -0.328 e. The fourth-order valence-electron chi connectivity index (χ4n) is 2.84. The van der Waals surface area contributed by atoms with E-state index in [0.717, 1.165) is 25.2 Å². The van der Waals surface area contributed by atoms with Gasteiger partial charge in [0.15, 0.2) is 0 Å². The van der Waals surface area contributed by atoms with Crippen molar-refractivity contribution in [3.63, 3.8) is 0 Å². The van der Waals surface area contributed by atoms with Crippen LogP contribution in [0.1, 0.15) is 42.5 Å². The van der Waals surface area contributed by atoms with Gasteiger partial charge in [-0.05, 0) is 45.6 Å². The van der Waals surface area contributed by atoms with E-state index in [1.54, 1.807) is 0 Å². The molecule has 1 aliphatic carbocycles. The molecular formula is C14H20N4. The highest BCUT2D eigenvalue weighted by atomic mass is 15.3. The molecule has 0 saturated carbocycles. The topological polar surface area (TPSA) is 35.6 Å². The van der Waals surface area contributed by atoms with E-state index in [9.17, 15) is 0 Å². The molecule has 0 radical (unpaired) electrons. The molecule has 4 heteroatoms. The molecule has 2 aromatic rings. The lowest BCUT2D eigenvalue weighted by molar-refractivity contribution is 0.577. The highest BCUT2D eigenvalue weighted by Crippen LogP contribution is 2.20. The van der Waals surface area contributed by atoms with Gasteiger partial charge in [-0.15, -0.1) is 0 Å². The molecule has 0 aromatic carbocycles. The largest absolute Gasteiger partial charge is 0.328 e. The Balaban J connectivity index is 1.90. The van der Waals surface area contributed by atoms with Crippen LogP contribution in [0.4, 0.5) is 0 Å². The summed E-state index contributed by atoms with van der Waals surface area (Å²) in [7, 11) is 0. The second-order valence-electron chi connectivity index (χ2n) is 5.07. The molecule has 0 unspecified atom stereocenters. The minimum atomic E-state index is 0.900. The lowest BCUT2D eigenvalue weighted by atomic mass is 10.0. The summed E-state index contributed by atoms with van der Waals surface area (Å²) in [4.78, 5) is 4.55. The van der Waals surface area contributed by atoms with Crippen LogP contribution < -0.4 is 0 Å². The molecule has 0 amide bonds. The molecule has 0 bridgehead atoms. The zero-order valence-electron chi connectivity index (χ0n) is 11.2. The summed E-state index contributed by atoms with van der Waals surface area (Å²) in [5, 5.41) is 4.50. The molecule has 0 N–H and O–H groups in total. The van der Waals surface area contributed by atoms with E-state index in [1.165, 1.54) is 36.3 Å². The van der Waals surface area contributed by atoms with Gasteiger partial charge >= 0.3 is 0 Å². The molecule has 1 aliphatic rings. The molecule has 96 valence electrons. The Bertz CT molecular complexity index is 550. The van der Waals surface area contributed by atoms with Gasteiger partial charge in [0, 0.05) is 12.2 Å². The van der Waals surface area contributed by atoms with Crippen molar-refractivity contribution in [1.82, 2.24) is 19.3 Å². The average Bonchev–Trinajstić information content (AvgIpc) is 2.94. The summed E-state index contributed by atoms with van der Waals surface area (Å²) in [5.74, 6) is 0. The van der Waals surface area contributed by atoms with Crippen LogP contribution in [-0.2, 0) is 25.9 Å². The van der Waals surface area contributed by atoms with E-state index in [1.807, 2.05) is 6.33 Å². The SMILES string of the molecule is CCn1nc(C)cc1Cn1cnc2c1CCCC2. The van der Waals surface area contributed by atoms with E-state index in [4.69, 9.17) is 0 Å². The average molecular weight is 244 g/mol. The molecular weight excluding hydrogens is 224 g/mol. The Hall–Kier alpha value is -1.58. The Labute approximate surface area is 108 Å². The number of rotatable bonds is 3. The highest BCUT2D eigenvalue weighted by molar-refractivity contribution is 5.18. The van der Waals surface area contributed by atoms with E-state index in [2.05, 4.69) is 39.2 Å². The molecule has 0 atom stereocenters. The van der Waals surface area contributed by atoms with Crippen LogP contribution in [0.2, 0.25) is 0 Å². The fourth-order valence-corrected chi connectivity index (χ4v) is 2.84. The van der Waals surface area contributed by atoms with Gasteiger partial charge in [-0.1, -0.05) is 0 Å². The molecule has 3 rings (SSSR count). The monoisotopic (exact) mass is 244 g/mol. The summed E-state index contributed by atoms with van der Waals surface area (Å²) in [6.45, 7) is 6.02. The lowest BCUT2D eigenvalue weighted by Gasteiger charge is -2.14. The zero-order chi connectivity index (χ0) is 12.5. The first-order chi connectivity index (χ1) is 8.78. The third kappa shape index (κ3) is 1.96. The Morgan fingerprint density at radius 2 is 2.11 bits per heavy atom. The van der Waals surface area contributed by atoms with Crippen molar-refractivity contribution in [3.05, 3.63) is 35.2 Å². The Kier molecular flexibility index (Phi) is 2.94. The predicted molar refractivity (Wildman–Crippen MR) is 70.6 cm³/mol. The van der Waals surface area contributed by atoms with E-state index in [-0.39, 0.29) is 0 Å². The Morgan fingerprint density at radius 1 is 1.28 bits per heavy atom. The first kappa shape index (κ1) is 11.5. The highest BCUT2D eigenvalue weighted by Gasteiger charge is 2.16. The number of aromatic nitrogens is 4. The van der Waals surface area contributed by atoms with Crippen LogP contribution >= 0.6 is 0 Å². The number of hydrogen-bond acceptors (Lipinski definition) is 2. The van der Waals surface area contributed by atoms with Crippen molar-refractivity contribution < 1.29 is 0 Å². The maximum absolute atomic E-state index is 4.55. The van der Waals surface area contributed by atoms with Gasteiger partial charge in [0.05, 0.1) is 30.0 Å². The van der Waals surface area contributed by atoms with Crippen LogP contribution in [0.3, 0.4) is 0 Å². The number of hydrogen-bond donors (Lipinski definition) is 0. The maximum atomic E-state index is 4.55. The van der Waals surface area contributed by atoms with Crippen molar-refractivity contribution in [2.75, 3.05) is 0 Å². The normalized spacial score (nSPS) is 14.8. The second-order valence-corrected chi connectivity index (χ2v) is 5.07. The van der Waals surface area contributed by atoms with Gasteiger partial charge in [0.25, 0.3) is 0 Å². The summed E-state index contributed by atoms with van der Waals surface area (Å²) < 4.78 is 4.39. The smallest absolute Gasteiger partial charge is 0.0955 e. The summed E-state index contributed by atoms with van der Waals surface area (Å²) in [6, 6.07) is 2.18. The van der Waals surface area contributed by atoms with E-state index in [0.29, 0.717) is 0 Å². The minimum absolute atomic E-state index is 0.900. The molecule has 4 nitrogen and oxygen atoms in total. The van der Waals surface area contributed by atoms with Gasteiger partial charge in [-0.3, -0.25) is 4.68 Å². The third-order valence-corrected chi connectivity index (χ3v) is 3.73. The van der Waals surface area contributed by atoms with Gasteiger partial charge in [0.1, 0.15) is 0 Å². The first-order valence-corrected chi connectivity index (χ1v) is 6.84. The van der Waals surface area contributed by atoms with E-state index < -0.39 is 0 Å². The number of aryl methyl sites for hydroxylation is 3. The third-order valence-electron chi connectivity index (χ3n) is 3.73. The molecule has 0 aliphatic heterocycles. The summed E-state index contributed by atoms with van der Waals surface area (Å²) in [6.07, 6.45) is 6.90. The second kappa shape index (κ2) is 4.59.